The highest BCUT2D eigenvalue weighted by molar-refractivity contribution is 5.92. The molecular weight excluding hydrogens is 406 g/mol. The molecule has 0 aliphatic carbocycles. The number of ether oxygens (including phenoxy) is 2. The van der Waals surface area contributed by atoms with Gasteiger partial charge in [-0.25, -0.2) is 0 Å². The Morgan fingerprint density at radius 2 is 1.94 bits per heavy atom. The molecule has 1 aliphatic heterocycles. The van der Waals surface area contributed by atoms with Crippen molar-refractivity contribution in [3.8, 4) is 22.8 Å². The number of hydrogen-bond acceptors (Lipinski definition) is 6. The molecule has 0 saturated heterocycles. The number of aryl methyl sites for hydroxylation is 1. The van der Waals surface area contributed by atoms with Crippen LogP contribution in [0.3, 0.4) is 0 Å². The summed E-state index contributed by atoms with van der Waals surface area (Å²) >= 11 is 0. The average Bonchev–Trinajstić information content (AvgIpc) is 3.30. The second kappa shape index (κ2) is 7.64. The summed E-state index contributed by atoms with van der Waals surface area (Å²) in [6.07, 6.45) is 0.816. The minimum absolute atomic E-state index is 0.104. The topological polar surface area (TPSA) is 90.6 Å². The maximum atomic E-state index is 12.4. The van der Waals surface area contributed by atoms with E-state index in [9.17, 15) is 4.79 Å². The summed E-state index contributed by atoms with van der Waals surface area (Å²) in [4.78, 5) is 12.4. The normalized spacial score (nSPS) is 14.1. The fraction of sp³-hybridized carbons (Fsp3) is 0.250. The number of para-hydroxylation sites is 1. The molecule has 0 saturated carbocycles. The van der Waals surface area contributed by atoms with E-state index in [4.69, 9.17) is 9.47 Å². The van der Waals surface area contributed by atoms with Crippen LogP contribution in [0.4, 0.5) is 5.69 Å². The van der Waals surface area contributed by atoms with Crippen molar-refractivity contribution in [2.75, 3.05) is 11.9 Å². The van der Waals surface area contributed by atoms with Gasteiger partial charge in [0.25, 0.3) is 5.91 Å². The van der Waals surface area contributed by atoms with E-state index in [1.807, 2.05) is 75.4 Å². The van der Waals surface area contributed by atoms with Gasteiger partial charge in [0.1, 0.15) is 5.60 Å². The minimum Gasteiger partial charge on any atom is -0.483 e. The van der Waals surface area contributed by atoms with Crippen molar-refractivity contribution in [2.24, 2.45) is 0 Å². The van der Waals surface area contributed by atoms with Crippen LogP contribution >= 0.6 is 0 Å². The third-order valence-electron chi connectivity index (χ3n) is 5.30. The van der Waals surface area contributed by atoms with E-state index in [1.54, 1.807) is 4.52 Å². The van der Waals surface area contributed by atoms with Crippen LogP contribution in [0.2, 0.25) is 0 Å². The molecule has 0 unspecified atom stereocenters. The summed E-state index contributed by atoms with van der Waals surface area (Å²) in [5, 5.41) is 15.5. The maximum absolute atomic E-state index is 12.4. The molecule has 2 aromatic heterocycles. The molecule has 5 rings (SSSR count). The fourth-order valence-electron chi connectivity index (χ4n) is 3.82. The van der Waals surface area contributed by atoms with Gasteiger partial charge in [0, 0.05) is 23.2 Å². The highest BCUT2D eigenvalue weighted by atomic mass is 16.5. The molecule has 4 aromatic rings. The number of rotatable bonds is 5. The van der Waals surface area contributed by atoms with Gasteiger partial charge >= 0.3 is 0 Å². The predicted molar refractivity (Wildman–Crippen MR) is 120 cm³/mol. The Morgan fingerprint density at radius 3 is 2.75 bits per heavy atom. The first kappa shape index (κ1) is 20.0. The second-order valence-corrected chi connectivity index (χ2v) is 8.43. The van der Waals surface area contributed by atoms with E-state index >= 15 is 0 Å². The molecule has 1 amide bonds. The van der Waals surface area contributed by atoms with Crippen LogP contribution in [0.25, 0.3) is 16.9 Å². The van der Waals surface area contributed by atoms with E-state index in [-0.39, 0.29) is 18.1 Å². The number of hydrogen-bond donors (Lipinski definition) is 1. The van der Waals surface area contributed by atoms with E-state index < -0.39 is 0 Å². The summed E-state index contributed by atoms with van der Waals surface area (Å²) in [7, 11) is 0. The average molecular weight is 429 g/mol. The summed E-state index contributed by atoms with van der Waals surface area (Å²) in [5.74, 6) is 1.79. The first-order valence-electron chi connectivity index (χ1n) is 10.4. The molecule has 0 atom stereocenters. The zero-order valence-electron chi connectivity index (χ0n) is 18.1. The van der Waals surface area contributed by atoms with E-state index in [0.29, 0.717) is 17.1 Å². The van der Waals surface area contributed by atoms with Gasteiger partial charge in [-0.3, -0.25) is 4.79 Å². The Hall–Kier alpha value is -3.94. The van der Waals surface area contributed by atoms with Crippen LogP contribution in [0.1, 0.15) is 25.2 Å². The van der Waals surface area contributed by atoms with Crippen LogP contribution in [-0.2, 0) is 11.2 Å². The van der Waals surface area contributed by atoms with Gasteiger partial charge < -0.3 is 14.8 Å². The van der Waals surface area contributed by atoms with Gasteiger partial charge in [-0.15, -0.1) is 10.2 Å². The molecule has 8 heteroatoms. The first-order chi connectivity index (χ1) is 15.4. The molecule has 32 heavy (non-hydrogen) atoms. The monoisotopic (exact) mass is 429 g/mol. The number of nitrogens with one attached hydrogen (secondary N) is 1. The van der Waals surface area contributed by atoms with Crippen molar-refractivity contribution in [3.05, 3.63) is 66.0 Å². The third kappa shape index (κ3) is 3.87. The van der Waals surface area contributed by atoms with Crippen LogP contribution in [0.15, 0.2) is 54.6 Å². The summed E-state index contributed by atoms with van der Waals surface area (Å²) in [6.45, 7) is 5.82. The Morgan fingerprint density at radius 1 is 1.12 bits per heavy atom. The summed E-state index contributed by atoms with van der Waals surface area (Å²) < 4.78 is 13.4. The number of fused-ring (bicyclic) bond motifs is 2. The predicted octanol–water partition coefficient (Wildman–Crippen LogP) is 3.83. The lowest BCUT2D eigenvalue weighted by Gasteiger charge is -2.18. The number of aromatic nitrogens is 4. The second-order valence-electron chi connectivity index (χ2n) is 8.43. The quantitative estimate of drug-likeness (QED) is 0.519. The van der Waals surface area contributed by atoms with Gasteiger partial charge in [-0.05, 0) is 51.1 Å². The number of nitrogens with zero attached hydrogens (tertiary/aromatic N) is 4. The number of amides is 1. The molecule has 2 aromatic carbocycles. The number of carbonyl (C=O) groups excluding carboxylic acids is 1. The number of carbonyl (C=O) groups is 1. The Kier molecular flexibility index (Phi) is 4.77. The lowest BCUT2D eigenvalue weighted by molar-refractivity contribution is -0.118. The first-order valence-corrected chi connectivity index (χ1v) is 10.4. The largest absolute Gasteiger partial charge is 0.483 e. The maximum Gasteiger partial charge on any atom is 0.262 e. The molecule has 0 bridgehead atoms. The van der Waals surface area contributed by atoms with Crippen LogP contribution in [0.5, 0.6) is 11.5 Å². The zero-order chi connectivity index (χ0) is 22.3. The molecule has 1 N–H and O–H groups in total. The molecule has 3 heterocycles. The molecule has 162 valence electrons. The van der Waals surface area contributed by atoms with Crippen LogP contribution < -0.4 is 14.8 Å². The van der Waals surface area contributed by atoms with Crippen LogP contribution in [0, 0.1) is 6.92 Å². The van der Waals surface area contributed by atoms with Gasteiger partial charge in [-0.1, -0.05) is 24.3 Å². The fourth-order valence-corrected chi connectivity index (χ4v) is 3.82. The number of anilines is 1. The summed E-state index contributed by atoms with van der Waals surface area (Å²) in [6, 6.07) is 17.0. The minimum atomic E-state index is -0.266. The van der Waals surface area contributed by atoms with Crippen molar-refractivity contribution in [1.82, 2.24) is 19.8 Å². The highest BCUT2D eigenvalue weighted by Gasteiger charge is 2.32. The van der Waals surface area contributed by atoms with Crippen molar-refractivity contribution in [1.29, 1.82) is 0 Å². The molecule has 0 radical (unpaired) electrons. The van der Waals surface area contributed by atoms with Gasteiger partial charge in [0.15, 0.2) is 29.6 Å². The van der Waals surface area contributed by atoms with Gasteiger partial charge in [-0.2, -0.15) is 9.61 Å². The molecule has 0 spiro atoms. The molecule has 0 fully saturated rings. The van der Waals surface area contributed by atoms with E-state index in [1.165, 1.54) is 0 Å². The highest BCUT2D eigenvalue weighted by Crippen LogP contribution is 2.41. The SMILES string of the molecule is Cc1nnc2ccc(-c3ccc(NC(=O)COc4cccc5c4OC(C)(C)C5)cc3)nn12. The van der Waals surface area contributed by atoms with E-state index in [2.05, 4.69) is 20.6 Å². The molecule has 8 nitrogen and oxygen atoms in total. The Labute approximate surface area is 185 Å². The van der Waals surface area contributed by atoms with Crippen molar-refractivity contribution in [2.45, 2.75) is 32.8 Å². The molecule has 1 aliphatic rings. The third-order valence-corrected chi connectivity index (χ3v) is 5.30. The lowest BCUT2D eigenvalue weighted by Crippen LogP contribution is -2.25. The van der Waals surface area contributed by atoms with Gasteiger partial charge in [0.05, 0.1) is 5.69 Å². The van der Waals surface area contributed by atoms with Gasteiger partial charge in [0.2, 0.25) is 0 Å². The van der Waals surface area contributed by atoms with E-state index in [0.717, 1.165) is 34.8 Å². The van der Waals surface area contributed by atoms with Crippen molar-refractivity contribution < 1.29 is 14.3 Å². The smallest absolute Gasteiger partial charge is 0.262 e. The lowest BCUT2D eigenvalue weighted by atomic mass is 10.0. The van der Waals surface area contributed by atoms with Crippen molar-refractivity contribution in [3.63, 3.8) is 0 Å². The molecular formula is C24H23N5O3. The Bertz CT molecular complexity index is 1310. The summed E-state index contributed by atoms with van der Waals surface area (Å²) in [5.41, 5.74) is 3.93. The number of benzene rings is 2. The zero-order valence-corrected chi connectivity index (χ0v) is 18.1. The Balaban J connectivity index is 1.23. The van der Waals surface area contributed by atoms with Crippen molar-refractivity contribution >= 4 is 17.2 Å². The standard InChI is InChI=1S/C24H23N5O3/c1-15-26-27-21-12-11-19(28-29(15)21)16-7-9-18(10-8-16)25-22(30)14-31-20-6-4-5-17-13-24(2,3)32-23(17)20/h4-12H,13-14H2,1-3H3,(H,25,30). The van der Waals surface area contributed by atoms with Crippen LogP contribution in [-0.4, -0.2) is 37.9 Å².